The molecule has 1 aliphatic carbocycles. The number of benzene rings is 1. The van der Waals surface area contributed by atoms with Gasteiger partial charge in [0.25, 0.3) is 0 Å². The van der Waals surface area contributed by atoms with Gasteiger partial charge in [-0.15, -0.1) is 0 Å². The van der Waals surface area contributed by atoms with Crippen molar-refractivity contribution in [2.75, 3.05) is 6.61 Å². The molecular weight excluding hydrogens is 188 g/mol. The predicted molar refractivity (Wildman–Crippen MR) is 60.2 cm³/mol. The highest BCUT2D eigenvalue weighted by atomic mass is 16.5. The first kappa shape index (κ1) is 10.5. The lowest BCUT2D eigenvalue weighted by Gasteiger charge is -2.25. The Morgan fingerprint density at radius 2 is 2.27 bits per heavy atom. The minimum Gasteiger partial charge on any atom is -0.494 e. The fourth-order valence-electron chi connectivity index (χ4n) is 2.39. The lowest BCUT2D eigenvalue weighted by molar-refractivity contribution is 0.154. The number of ether oxygens (including phenoxy) is 1. The van der Waals surface area contributed by atoms with Crippen LogP contribution < -0.4 is 4.74 Å². The second-order valence-corrected chi connectivity index (χ2v) is 4.11. The Bertz CT molecular complexity index is 358. The van der Waals surface area contributed by atoms with Crippen LogP contribution in [0.25, 0.3) is 0 Å². The van der Waals surface area contributed by atoms with E-state index in [1.165, 1.54) is 11.1 Å². The van der Waals surface area contributed by atoms with E-state index in [1.807, 2.05) is 19.1 Å². The summed E-state index contributed by atoms with van der Waals surface area (Å²) in [4.78, 5) is 0. The van der Waals surface area contributed by atoms with Crippen molar-refractivity contribution in [3.05, 3.63) is 28.8 Å². The Morgan fingerprint density at radius 1 is 1.47 bits per heavy atom. The van der Waals surface area contributed by atoms with Crippen LogP contribution in [-0.4, -0.2) is 11.7 Å². The fraction of sp³-hybridized carbons (Fsp3) is 0.538. The standard InChI is InChI=1S/C13H18O2/c1-3-15-12-8-7-9(2)13-10(12)5-4-6-11(13)14/h7-8,11,14H,3-6H2,1-2H3/t11-/m1/s1. The average molecular weight is 206 g/mol. The van der Waals surface area contributed by atoms with E-state index in [-0.39, 0.29) is 6.10 Å². The normalized spacial score (nSPS) is 19.8. The van der Waals surface area contributed by atoms with E-state index in [9.17, 15) is 5.11 Å². The second kappa shape index (κ2) is 4.23. The molecule has 1 aromatic rings. The van der Waals surface area contributed by atoms with Gasteiger partial charge in [0.2, 0.25) is 0 Å². The van der Waals surface area contributed by atoms with Crippen molar-refractivity contribution < 1.29 is 9.84 Å². The van der Waals surface area contributed by atoms with Gasteiger partial charge in [-0.3, -0.25) is 0 Å². The van der Waals surface area contributed by atoms with Gasteiger partial charge in [-0.1, -0.05) is 6.07 Å². The van der Waals surface area contributed by atoms with Crippen molar-refractivity contribution >= 4 is 0 Å². The molecule has 0 aromatic heterocycles. The number of fused-ring (bicyclic) bond motifs is 1. The van der Waals surface area contributed by atoms with Gasteiger partial charge in [0.1, 0.15) is 5.75 Å². The number of aliphatic hydroxyl groups excluding tert-OH is 1. The molecule has 0 fully saturated rings. The van der Waals surface area contributed by atoms with Crippen molar-refractivity contribution in [1.29, 1.82) is 0 Å². The van der Waals surface area contributed by atoms with Gasteiger partial charge in [0.15, 0.2) is 0 Å². The maximum Gasteiger partial charge on any atom is 0.122 e. The van der Waals surface area contributed by atoms with Crippen molar-refractivity contribution in [3.8, 4) is 5.75 Å². The molecule has 0 bridgehead atoms. The summed E-state index contributed by atoms with van der Waals surface area (Å²) in [7, 11) is 0. The largest absolute Gasteiger partial charge is 0.494 e. The molecule has 2 nitrogen and oxygen atoms in total. The van der Waals surface area contributed by atoms with Crippen molar-refractivity contribution in [2.45, 2.75) is 39.2 Å². The summed E-state index contributed by atoms with van der Waals surface area (Å²) >= 11 is 0. The first-order chi connectivity index (χ1) is 7.24. The zero-order chi connectivity index (χ0) is 10.8. The smallest absolute Gasteiger partial charge is 0.122 e. The monoisotopic (exact) mass is 206 g/mol. The van der Waals surface area contributed by atoms with E-state index in [4.69, 9.17) is 4.74 Å². The first-order valence-corrected chi connectivity index (χ1v) is 5.67. The summed E-state index contributed by atoms with van der Waals surface area (Å²) in [6, 6.07) is 4.06. The molecule has 2 rings (SSSR count). The Balaban J connectivity index is 2.48. The molecule has 0 aliphatic heterocycles. The highest BCUT2D eigenvalue weighted by Gasteiger charge is 2.22. The Hall–Kier alpha value is -1.02. The molecule has 2 heteroatoms. The third-order valence-electron chi connectivity index (χ3n) is 3.07. The van der Waals surface area contributed by atoms with Crippen LogP contribution in [0, 0.1) is 6.92 Å². The summed E-state index contributed by atoms with van der Waals surface area (Å²) in [5.74, 6) is 0.955. The molecule has 0 saturated heterocycles. The number of aliphatic hydroxyl groups is 1. The first-order valence-electron chi connectivity index (χ1n) is 5.67. The molecule has 0 heterocycles. The van der Waals surface area contributed by atoms with Gasteiger partial charge in [-0.05, 0) is 50.3 Å². The molecule has 0 radical (unpaired) electrons. The van der Waals surface area contributed by atoms with Crippen LogP contribution in [0.15, 0.2) is 12.1 Å². The lowest BCUT2D eigenvalue weighted by atomic mass is 9.86. The van der Waals surface area contributed by atoms with Crippen LogP contribution in [0.3, 0.4) is 0 Å². The molecule has 0 unspecified atom stereocenters. The molecule has 82 valence electrons. The molecule has 1 N–H and O–H groups in total. The number of hydrogen-bond donors (Lipinski definition) is 1. The summed E-state index contributed by atoms with van der Waals surface area (Å²) in [6.45, 7) is 4.74. The average Bonchev–Trinajstić information content (AvgIpc) is 2.22. The summed E-state index contributed by atoms with van der Waals surface area (Å²) < 4.78 is 5.60. The van der Waals surface area contributed by atoms with E-state index in [0.717, 1.165) is 30.6 Å². The second-order valence-electron chi connectivity index (χ2n) is 4.11. The van der Waals surface area contributed by atoms with Gasteiger partial charge >= 0.3 is 0 Å². The number of rotatable bonds is 2. The molecule has 0 amide bonds. The molecule has 1 aliphatic rings. The van der Waals surface area contributed by atoms with E-state index < -0.39 is 0 Å². The van der Waals surface area contributed by atoms with E-state index in [0.29, 0.717) is 6.61 Å². The highest BCUT2D eigenvalue weighted by Crippen LogP contribution is 2.37. The van der Waals surface area contributed by atoms with Crippen LogP contribution in [0.1, 0.15) is 42.6 Å². The van der Waals surface area contributed by atoms with Crippen molar-refractivity contribution in [2.24, 2.45) is 0 Å². The van der Waals surface area contributed by atoms with Gasteiger partial charge in [0, 0.05) is 5.56 Å². The van der Waals surface area contributed by atoms with Gasteiger partial charge in [-0.2, -0.15) is 0 Å². The van der Waals surface area contributed by atoms with Crippen LogP contribution in [-0.2, 0) is 6.42 Å². The molecule has 0 spiro atoms. The summed E-state index contributed by atoms with van der Waals surface area (Å²) in [5.41, 5.74) is 3.50. The predicted octanol–water partition coefficient (Wildman–Crippen LogP) is 2.76. The molecule has 1 aromatic carbocycles. The number of hydrogen-bond acceptors (Lipinski definition) is 2. The third kappa shape index (κ3) is 1.86. The molecule has 15 heavy (non-hydrogen) atoms. The van der Waals surface area contributed by atoms with E-state index in [2.05, 4.69) is 6.92 Å². The van der Waals surface area contributed by atoms with E-state index in [1.54, 1.807) is 0 Å². The maximum atomic E-state index is 9.98. The minimum atomic E-state index is -0.297. The van der Waals surface area contributed by atoms with Gasteiger partial charge in [-0.25, -0.2) is 0 Å². The third-order valence-corrected chi connectivity index (χ3v) is 3.07. The Kier molecular flexibility index (Phi) is 2.96. The highest BCUT2D eigenvalue weighted by molar-refractivity contribution is 5.47. The topological polar surface area (TPSA) is 29.5 Å². The van der Waals surface area contributed by atoms with E-state index >= 15 is 0 Å². The van der Waals surface area contributed by atoms with Crippen LogP contribution in [0.4, 0.5) is 0 Å². The Labute approximate surface area is 90.9 Å². The quantitative estimate of drug-likeness (QED) is 0.806. The van der Waals surface area contributed by atoms with Gasteiger partial charge in [0.05, 0.1) is 12.7 Å². The van der Waals surface area contributed by atoms with Crippen molar-refractivity contribution in [1.82, 2.24) is 0 Å². The lowest BCUT2D eigenvalue weighted by Crippen LogP contribution is -2.12. The number of aryl methyl sites for hydroxylation is 1. The van der Waals surface area contributed by atoms with Gasteiger partial charge < -0.3 is 9.84 Å². The molecule has 1 atom stereocenters. The zero-order valence-electron chi connectivity index (χ0n) is 9.42. The van der Waals surface area contributed by atoms with Crippen molar-refractivity contribution in [3.63, 3.8) is 0 Å². The SMILES string of the molecule is CCOc1ccc(C)c2c1CCC[C@H]2O. The molecular formula is C13H18O2. The van der Waals surface area contributed by atoms with Crippen LogP contribution in [0.2, 0.25) is 0 Å². The van der Waals surface area contributed by atoms with Crippen LogP contribution >= 0.6 is 0 Å². The summed E-state index contributed by atoms with van der Waals surface area (Å²) in [5, 5.41) is 9.98. The fourth-order valence-corrected chi connectivity index (χ4v) is 2.39. The zero-order valence-corrected chi connectivity index (χ0v) is 9.42. The van der Waals surface area contributed by atoms with Crippen LogP contribution in [0.5, 0.6) is 5.75 Å². The maximum absolute atomic E-state index is 9.98. The minimum absolute atomic E-state index is 0.297. The molecule has 0 saturated carbocycles. The Morgan fingerprint density at radius 3 is 3.00 bits per heavy atom. The summed E-state index contributed by atoms with van der Waals surface area (Å²) in [6.07, 6.45) is 2.67.